The second kappa shape index (κ2) is 21.0. The number of benzene rings is 6. The van der Waals surface area contributed by atoms with Crippen molar-refractivity contribution in [3.05, 3.63) is 208 Å². The van der Waals surface area contributed by atoms with Crippen LogP contribution in [0.5, 0.6) is 0 Å². The first-order valence-corrected chi connectivity index (χ1v) is 25.0. The molecular formula is C59H52BrN7OS. The number of hydrogen-bond donors (Lipinski definition) is 2. The molecule has 8 nitrogen and oxygen atoms in total. The van der Waals surface area contributed by atoms with Crippen LogP contribution in [0.25, 0.3) is 77.6 Å². The van der Waals surface area contributed by atoms with Gasteiger partial charge in [0.2, 0.25) is 0 Å². The number of aromatic amines is 1. The van der Waals surface area contributed by atoms with Crippen LogP contribution in [-0.2, 0) is 17.7 Å². The molecule has 0 atom stereocenters. The van der Waals surface area contributed by atoms with Gasteiger partial charge in [-0.15, -0.1) is 0 Å². The van der Waals surface area contributed by atoms with E-state index in [9.17, 15) is 5.11 Å². The number of thioether (sulfide) groups is 1. The lowest BCUT2D eigenvalue weighted by Crippen LogP contribution is -1.97. The molecule has 0 aliphatic carbocycles. The molecule has 0 unspecified atom stereocenters. The fourth-order valence-corrected chi connectivity index (χ4v) is 10.1. The maximum absolute atomic E-state index is 9.66. The van der Waals surface area contributed by atoms with E-state index < -0.39 is 0 Å². The maximum atomic E-state index is 9.66. The predicted molar refractivity (Wildman–Crippen MR) is 290 cm³/mol. The Morgan fingerprint density at radius 2 is 0.899 bits per heavy atom. The van der Waals surface area contributed by atoms with Gasteiger partial charge in [-0.3, -0.25) is 0 Å². The number of aliphatic hydroxyl groups excluding tert-OH is 1. The number of H-pyrrole nitrogens is 1. The molecule has 0 fully saturated rings. The number of halogens is 1. The van der Waals surface area contributed by atoms with Gasteiger partial charge in [-0.05, 0) is 104 Å². The van der Waals surface area contributed by atoms with Gasteiger partial charge in [0.1, 0.15) is 16.9 Å². The molecule has 0 bridgehead atoms. The maximum Gasteiger partial charge on any atom is 0.181 e. The summed E-state index contributed by atoms with van der Waals surface area (Å²) in [7, 11) is 0. The van der Waals surface area contributed by atoms with Crippen LogP contribution in [0.15, 0.2) is 163 Å². The van der Waals surface area contributed by atoms with Gasteiger partial charge in [0.15, 0.2) is 5.65 Å². The second-order valence-electron chi connectivity index (χ2n) is 17.2. The molecule has 0 saturated heterocycles. The highest BCUT2D eigenvalue weighted by atomic mass is 79.9. The number of aryl methyl sites for hydroxylation is 6. The van der Waals surface area contributed by atoms with Crippen LogP contribution >= 0.6 is 27.7 Å². The highest BCUT2D eigenvalue weighted by Gasteiger charge is 2.16. The van der Waals surface area contributed by atoms with Crippen LogP contribution in [0.3, 0.4) is 0 Å². The molecule has 10 heteroatoms. The standard InChI is InChI=1S/C23H19N5S.C18H16BrN.C18H17NO/c1-14-6-3-4-9-18(14)20-17(10-16-8-5-7-15(2)19(16)28-20)11-29-23-21-22(25-12-24-21)26-13-27-23;1-12-6-3-4-9-16(12)18-15(11-19)10-14-8-5-7-13(2)17(14)20-18;1-12-6-3-4-9-16(12)18-15(11-20)10-14-8-5-7-13(2)17(14)19-18/h3-10,12-13H,11H2,1-2H3,(H,24,25,26,27);3-10H,11H2,1-2H3;3-10,20H,11H2,1-2H3. The fourth-order valence-electron chi connectivity index (χ4n) is 8.72. The topological polar surface area (TPSA) is 113 Å². The summed E-state index contributed by atoms with van der Waals surface area (Å²) >= 11 is 5.27. The van der Waals surface area contributed by atoms with Gasteiger partial charge in [-0.25, -0.2) is 29.9 Å². The molecule has 0 saturated carbocycles. The number of aromatic nitrogens is 7. The second-order valence-corrected chi connectivity index (χ2v) is 18.8. The number of rotatable bonds is 8. The largest absolute Gasteiger partial charge is 0.392 e. The van der Waals surface area contributed by atoms with Crippen molar-refractivity contribution in [3.63, 3.8) is 0 Å². The first kappa shape index (κ1) is 47.0. The van der Waals surface area contributed by atoms with E-state index in [0.29, 0.717) is 5.65 Å². The lowest BCUT2D eigenvalue weighted by Gasteiger charge is -2.14. The number of nitrogens with one attached hydrogen (secondary N) is 1. The smallest absolute Gasteiger partial charge is 0.181 e. The Balaban J connectivity index is 0.000000133. The summed E-state index contributed by atoms with van der Waals surface area (Å²) in [5.41, 5.74) is 21.7. The van der Waals surface area contributed by atoms with E-state index in [2.05, 4.69) is 193 Å². The Labute approximate surface area is 415 Å². The number of alkyl halides is 1. The van der Waals surface area contributed by atoms with Gasteiger partial charge < -0.3 is 10.1 Å². The van der Waals surface area contributed by atoms with Crippen LogP contribution < -0.4 is 0 Å². The number of para-hydroxylation sites is 3. The van der Waals surface area contributed by atoms with Crippen molar-refractivity contribution in [2.75, 3.05) is 0 Å². The van der Waals surface area contributed by atoms with Gasteiger partial charge in [0.25, 0.3) is 0 Å². The number of nitrogens with zero attached hydrogens (tertiary/aromatic N) is 6. The SMILES string of the molecule is Cc1ccccc1-c1nc2c(C)cccc2cc1CBr.Cc1ccccc1-c1nc2c(C)cccc2cc1CO.Cc1ccccc1-c1nc2c(C)cccc2cc1CSc1ncnc2nc[nH]c12. The highest BCUT2D eigenvalue weighted by molar-refractivity contribution is 9.08. The molecule has 0 spiro atoms. The van der Waals surface area contributed by atoms with Crippen LogP contribution in [0.1, 0.15) is 50.1 Å². The van der Waals surface area contributed by atoms with E-state index in [1.54, 1.807) is 24.4 Å². The molecule has 69 heavy (non-hydrogen) atoms. The van der Waals surface area contributed by atoms with Crippen LogP contribution in [0.4, 0.5) is 0 Å². The summed E-state index contributed by atoms with van der Waals surface area (Å²) in [4.78, 5) is 30.9. The lowest BCUT2D eigenvalue weighted by atomic mass is 9.99. The van der Waals surface area contributed by atoms with Crippen molar-refractivity contribution in [2.24, 2.45) is 0 Å². The molecule has 2 N–H and O–H groups in total. The normalized spacial score (nSPS) is 11.1. The molecule has 0 aliphatic rings. The molecule has 5 aromatic heterocycles. The quantitative estimate of drug-likeness (QED) is 0.0879. The third kappa shape index (κ3) is 10.1. The minimum absolute atomic E-state index is 0.000545. The summed E-state index contributed by atoms with van der Waals surface area (Å²) in [6.45, 7) is 12.6. The third-order valence-corrected chi connectivity index (χ3v) is 14.1. The molecule has 342 valence electrons. The summed E-state index contributed by atoms with van der Waals surface area (Å²) < 4.78 is 0. The van der Waals surface area contributed by atoms with Crippen molar-refractivity contribution >= 4 is 71.6 Å². The molecule has 5 heterocycles. The van der Waals surface area contributed by atoms with Gasteiger partial charge >= 0.3 is 0 Å². The number of aliphatic hydroxyl groups is 1. The Kier molecular flexibility index (Phi) is 14.3. The Bertz CT molecular complexity index is 3510. The average molecular weight is 987 g/mol. The first-order chi connectivity index (χ1) is 33.6. The number of hydrogen-bond acceptors (Lipinski definition) is 8. The summed E-state index contributed by atoms with van der Waals surface area (Å²) in [6, 6.07) is 50.3. The van der Waals surface area contributed by atoms with E-state index >= 15 is 0 Å². The monoisotopic (exact) mass is 985 g/mol. The van der Waals surface area contributed by atoms with Crippen molar-refractivity contribution in [2.45, 2.75) is 64.3 Å². The van der Waals surface area contributed by atoms with E-state index in [1.165, 1.54) is 55.5 Å². The average Bonchev–Trinajstić information content (AvgIpc) is 3.86. The Hall–Kier alpha value is -7.11. The van der Waals surface area contributed by atoms with E-state index in [-0.39, 0.29) is 6.61 Å². The van der Waals surface area contributed by atoms with Crippen LogP contribution in [0.2, 0.25) is 0 Å². The van der Waals surface area contributed by atoms with E-state index in [0.717, 1.165) is 82.7 Å². The molecule has 11 rings (SSSR count). The molecule has 6 aromatic carbocycles. The van der Waals surface area contributed by atoms with E-state index in [4.69, 9.17) is 15.0 Å². The minimum Gasteiger partial charge on any atom is -0.392 e. The number of pyridine rings is 3. The molecular weight excluding hydrogens is 935 g/mol. The summed E-state index contributed by atoms with van der Waals surface area (Å²) in [6.07, 6.45) is 3.22. The molecule has 0 aliphatic heterocycles. The fraction of sp³-hybridized carbons (Fsp3) is 0.153. The number of imidazole rings is 1. The summed E-state index contributed by atoms with van der Waals surface area (Å²) in [5, 5.41) is 14.8. The first-order valence-electron chi connectivity index (χ1n) is 22.9. The van der Waals surface area contributed by atoms with Gasteiger partial charge in [0, 0.05) is 49.5 Å². The lowest BCUT2D eigenvalue weighted by molar-refractivity contribution is 0.282. The highest BCUT2D eigenvalue weighted by Crippen LogP contribution is 2.35. The molecule has 11 aromatic rings. The minimum atomic E-state index is 0.000545. The third-order valence-electron chi connectivity index (χ3n) is 12.4. The van der Waals surface area contributed by atoms with Crippen molar-refractivity contribution in [3.8, 4) is 33.8 Å². The van der Waals surface area contributed by atoms with Crippen LogP contribution in [0, 0.1) is 41.5 Å². The Morgan fingerprint density at radius 1 is 0.478 bits per heavy atom. The predicted octanol–water partition coefficient (Wildman–Crippen LogP) is 14.9. The zero-order valence-corrected chi connectivity index (χ0v) is 42.0. The van der Waals surface area contributed by atoms with Crippen molar-refractivity contribution < 1.29 is 5.11 Å². The molecule has 0 amide bonds. The Morgan fingerprint density at radius 3 is 1.36 bits per heavy atom. The number of fused-ring (bicyclic) bond motifs is 4. The van der Waals surface area contributed by atoms with Crippen molar-refractivity contribution in [1.82, 2.24) is 34.9 Å². The van der Waals surface area contributed by atoms with Gasteiger partial charge in [-0.1, -0.05) is 155 Å². The van der Waals surface area contributed by atoms with Gasteiger partial charge in [-0.2, -0.15) is 0 Å². The van der Waals surface area contributed by atoms with Crippen LogP contribution in [-0.4, -0.2) is 40.0 Å². The van der Waals surface area contributed by atoms with Gasteiger partial charge in [0.05, 0.1) is 46.6 Å². The van der Waals surface area contributed by atoms with E-state index in [1.807, 2.05) is 30.3 Å². The zero-order chi connectivity index (χ0) is 48.0. The molecule has 0 radical (unpaired) electrons. The van der Waals surface area contributed by atoms with Crippen molar-refractivity contribution in [1.29, 1.82) is 0 Å². The summed E-state index contributed by atoms with van der Waals surface area (Å²) in [5.74, 6) is 0.756. The zero-order valence-electron chi connectivity index (χ0n) is 39.5.